The van der Waals surface area contributed by atoms with Crippen LogP contribution in [0.4, 0.5) is 0 Å². The van der Waals surface area contributed by atoms with Gasteiger partial charge in [0.25, 0.3) is 0 Å². The molecular weight excluding hydrogens is 342 g/mol. The van der Waals surface area contributed by atoms with Crippen molar-refractivity contribution in [2.24, 2.45) is 0 Å². The number of aromatic nitrogens is 1. The summed E-state index contributed by atoms with van der Waals surface area (Å²) in [6, 6.07) is 5.01. The highest BCUT2D eigenvalue weighted by atomic mass is 79.9. The fraction of sp³-hybridized carbons (Fsp3) is 0.286. The Morgan fingerprint density at radius 2 is 1.90 bits per heavy atom. The Hall–Kier alpha value is -2.02. The maximum absolute atomic E-state index is 11.8. The van der Waals surface area contributed by atoms with E-state index in [1.54, 1.807) is 33.3 Å². The summed E-state index contributed by atoms with van der Waals surface area (Å²) in [6.45, 7) is 1.80. The van der Waals surface area contributed by atoms with Crippen LogP contribution in [-0.4, -0.2) is 25.3 Å². The van der Waals surface area contributed by atoms with E-state index in [4.69, 9.17) is 18.7 Å². The Morgan fingerprint density at radius 1 is 1.24 bits per heavy atom. The van der Waals surface area contributed by atoms with E-state index >= 15 is 0 Å². The second-order valence-electron chi connectivity index (χ2n) is 4.21. The van der Waals surface area contributed by atoms with Crippen LogP contribution >= 0.6 is 15.9 Å². The largest absolute Gasteiger partial charge is 0.493 e. The molecule has 7 heteroatoms. The lowest BCUT2D eigenvalue weighted by Gasteiger charge is -2.11. The molecule has 0 fully saturated rings. The first kappa shape index (κ1) is 15.4. The van der Waals surface area contributed by atoms with Crippen LogP contribution in [-0.2, 0) is 11.3 Å². The lowest BCUT2D eigenvalue weighted by atomic mass is 10.2. The first-order valence-electron chi connectivity index (χ1n) is 6.06. The maximum atomic E-state index is 11.8. The summed E-state index contributed by atoms with van der Waals surface area (Å²) < 4.78 is 21.2. The molecule has 0 N–H and O–H groups in total. The molecule has 2 aromatic rings. The van der Waals surface area contributed by atoms with E-state index in [0.717, 1.165) is 10.0 Å². The third kappa shape index (κ3) is 3.55. The Labute approximate surface area is 130 Å². The van der Waals surface area contributed by atoms with Crippen LogP contribution in [0.25, 0.3) is 0 Å². The Morgan fingerprint density at radius 3 is 2.48 bits per heavy atom. The zero-order chi connectivity index (χ0) is 15.4. The lowest BCUT2D eigenvalue weighted by molar-refractivity contribution is 0.0424. The predicted octanol–water partition coefficient (Wildman–Crippen LogP) is 3.12. The quantitative estimate of drug-likeness (QED) is 0.767. The van der Waals surface area contributed by atoms with Gasteiger partial charge in [-0.1, -0.05) is 21.1 Å². The summed E-state index contributed by atoms with van der Waals surface area (Å²) in [5.74, 6) is 0.647. The minimum absolute atomic E-state index is 0.0690. The third-order valence-electron chi connectivity index (χ3n) is 2.74. The van der Waals surface area contributed by atoms with Gasteiger partial charge in [-0.05, 0) is 19.1 Å². The zero-order valence-corrected chi connectivity index (χ0v) is 13.4. The van der Waals surface area contributed by atoms with Crippen LogP contribution in [0.15, 0.2) is 27.2 Å². The van der Waals surface area contributed by atoms with Gasteiger partial charge in [0, 0.05) is 16.1 Å². The van der Waals surface area contributed by atoms with Gasteiger partial charge < -0.3 is 18.7 Å². The van der Waals surface area contributed by atoms with Crippen LogP contribution in [0.5, 0.6) is 11.5 Å². The van der Waals surface area contributed by atoms with E-state index in [0.29, 0.717) is 17.2 Å². The van der Waals surface area contributed by atoms with Crippen LogP contribution in [0.2, 0.25) is 0 Å². The van der Waals surface area contributed by atoms with Crippen LogP contribution in [0.1, 0.15) is 21.8 Å². The number of hydrogen-bond acceptors (Lipinski definition) is 6. The molecule has 0 saturated heterocycles. The van der Waals surface area contributed by atoms with E-state index in [1.165, 1.54) is 6.07 Å². The van der Waals surface area contributed by atoms with Gasteiger partial charge >= 0.3 is 5.97 Å². The third-order valence-corrected chi connectivity index (χ3v) is 3.48. The van der Waals surface area contributed by atoms with Gasteiger partial charge in [-0.25, -0.2) is 4.79 Å². The minimum Gasteiger partial charge on any atom is -0.493 e. The van der Waals surface area contributed by atoms with Crippen molar-refractivity contribution in [3.05, 3.63) is 39.7 Å². The standard InChI is InChI=1S/C14H14BrNO5/c1-8-4-13(21-16-8)14(17)20-7-9-5-11(18-2)12(19-3)6-10(9)15/h4-6H,7H2,1-3H3. The molecule has 0 saturated carbocycles. The van der Waals surface area contributed by atoms with Crippen molar-refractivity contribution in [3.63, 3.8) is 0 Å². The smallest absolute Gasteiger partial charge is 0.377 e. The topological polar surface area (TPSA) is 70.8 Å². The maximum Gasteiger partial charge on any atom is 0.377 e. The van der Waals surface area contributed by atoms with Crippen molar-refractivity contribution in [1.82, 2.24) is 5.16 Å². The summed E-state index contributed by atoms with van der Waals surface area (Å²) in [5, 5.41) is 3.64. The van der Waals surface area contributed by atoms with Gasteiger partial charge in [0.15, 0.2) is 11.5 Å². The highest BCUT2D eigenvalue weighted by Crippen LogP contribution is 2.33. The molecular formula is C14H14BrNO5. The number of hydrogen-bond donors (Lipinski definition) is 0. The Balaban J connectivity index is 2.11. The normalized spacial score (nSPS) is 10.3. The van der Waals surface area contributed by atoms with Gasteiger partial charge in [0.2, 0.25) is 5.76 Å². The average Bonchev–Trinajstić information content (AvgIpc) is 2.91. The molecule has 1 heterocycles. The molecule has 0 atom stereocenters. The van der Waals surface area contributed by atoms with E-state index in [1.807, 2.05) is 0 Å². The fourth-order valence-corrected chi connectivity index (χ4v) is 2.12. The SMILES string of the molecule is COc1cc(Br)c(COC(=O)c2cc(C)no2)cc1OC. The molecule has 2 rings (SSSR count). The van der Waals surface area contributed by atoms with E-state index in [-0.39, 0.29) is 12.4 Å². The summed E-state index contributed by atoms with van der Waals surface area (Å²) >= 11 is 3.40. The molecule has 0 aliphatic carbocycles. The number of carbonyl (C=O) groups excluding carboxylic acids is 1. The molecule has 1 aromatic heterocycles. The number of aryl methyl sites for hydroxylation is 1. The van der Waals surface area contributed by atoms with Crippen LogP contribution in [0.3, 0.4) is 0 Å². The molecule has 0 amide bonds. The van der Waals surface area contributed by atoms with Crippen molar-refractivity contribution < 1.29 is 23.5 Å². The van der Waals surface area contributed by atoms with E-state index in [9.17, 15) is 4.79 Å². The highest BCUT2D eigenvalue weighted by molar-refractivity contribution is 9.10. The summed E-state index contributed by atoms with van der Waals surface area (Å²) in [6.07, 6.45) is 0. The molecule has 0 unspecified atom stereocenters. The second-order valence-corrected chi connectivity index (χ2v) is 5.06. The molecule has 0 aliphatic heterocycles. The van der Waals surface area contributed by atoms with Gasteiger partial charge in [0.05, 0.1) is 19.9 Å². The lowest BCUT2D eigenvalue weighted by Crippen LogP contribution is -2.05. The minimum atomic E-state index is -0.572. The molecule has 1 aromatic carbocycles. The number of nitrogens with zero attached hydrogens (tertiary/aromatic N) is 1. The van der Waals surface area contributed by atoms with Crippen molar-refractivity contribution in [3.8, 4) is 11.5 Å². The number of rotatable bonds is 5. The van der Waals surface area contributed by atoms with Crippen molar-refractivity contribution in [1.29, 1.82) is 0 Å². The van der Waals surface area contributed by atoms with E-state index < -0.39 is 5.97 Å². The Bertz CT molecular complexity index is 653. The Kier molecular flexibility index (Phi) is 4.85. The molecule has 0 spiro atoms. The summed E-state index contributed by atoms with van der Waals surface area (Å²) in [5.41, 5.74) is 1.37. The van der Waals surface area contributed by atoms with Crippen LogP contribution in [0, 0.1) is 6.92 Å². The number of benzene rings is 1. The number of ether oxygens (including phenoxy) is 3. The van der Waals surface area contributed by atoms with Crippen molar-refractivity contribution >= 4 is 21.9 Å². The van der Waals surface area contributed by atoms with Crippen molar-refractivity contribution in [2.75, 3.05) is 14.2 Å². The van der Waals surface area contributed by atoms with Crippen LogP contribution < -0.4 is 9.47 Å². The van der Waals surface area contributed by atoms with Gasteiger partial charge in [-0.2, -0.15) is 0 Å². The zero-order valence-electron chi connectivity index (χ0n) is 11.8. The summed E-state index contributed by atoms with van der Waals surface area (Å²) in [4.78, 5) is 11.8. The van der Waals surface area contributed by atoms with E-state index in [2.05, 4.69) is 21.1 Å². The molecule has 6 nitrogen and oxygen atoms in total. The molecule has 0 radical (unpaired) electrons. The average molecular weight is 356 g/mol. The fourth-order valence-electron chi connectivity index (χ4n) is 1.68. The van der Waals surface area contributed by atoms with Crippen molar-refractivity contribution in [2.45, 2.75) is 13.5 Å². The van der Waals surface area contributed by atoms with Gasteiger partial charge in [0.1, 0.15) is 6.61 Å². The second kappa shape index (κ2) is 6.62. The molecule has 21 heavy (non-hydrogen) atoms. The van der Waals surface area contributed by atoms with Gasteiger partial charge in [-0.3, -0.25) is 0 Å². The van der Waals surface area contributed by atoms with Gasteiger partial charge in [-0.15, -0.1) is 0 Å². The number of esters is 1. The number of halogens is 1. The number of carbonyl (C=O) groups is 1. The highest BCUT2D eigenvalue weighted by Gasteiger charge is 2.15. The monoisotopic (exact) mass is 355 g/mol. The first-order valence-corrected chi connectivity index (χ1v) is 6.85. The molecule has 112 valence electrons. The molecule has 0 aliphatic rings. The predicted molar refractivity (Wildman–Crippen MR) is 77.6 cm³/mol. The molecule has 0 bridgehead atoms. The summed E-state index contributed by atoms with van der Waals surface area (Å²) in [7, 11) is 3.09. The number of methoxy groups -OCH3 is 2. The first-order chi connectivity index (χ1) is 10.0.